The number of carbonyl (C=O) groups is 1. The van der Waals surface area contributed by atoms with Gasteiger partial charge in [-0.15, -0.1) is 0 Å². The minimum atomic E-state index is -1.18. The number of rotatable bonds is 4. The second-order valence-electron chi connectivity index (χ2n) is 7.74. The summed E-state index contributed by atoms with van der Waals surface area (Å²) in [5.41, 5.74) is -0.536. The Morgan fingerprint density at radius 3 is 2.43 bits per heavy atom. The van der Waals surface area contributed by atoms with Crippen LogP contribution in [0.4, 0.5) is 10.1 Å². The summed E-state index contributed by atoms with van der Waals surface area (Å²) in [5, 5.41) is 4.38. The quantitative estimate of drug-likeness (QED) is 0.661. The molecule has 1 aromatic carbocycles. The molecule has 3 aromatic rings. The van der Waals surface area contributed by atoms with E-state index >= 15 is 0 Å². The monoisotopic (exact) mass is 410 g/mol. The summed E-state index contributed by atoms with van der Waals surface area (Å²) in [4.78, 5) is 29.4. The molecule has 7 nitrogen and oxygen atoms in total. The number of aromatic nitrogens is 2. The number of para-hydroxylation sites is 1. The topological polar surface area (TPSA) is 71.6 Å². The first kappa shape index (κ1) is 19.9. The van der Waals surface area contributed by atoms with Crippen LogP contribution in [-0.4, -0.2) is 46.8 Å². The van der Waals surface area contributed by atoms with Gasteiger partial charge in [-0.2, -0.15) is 5.10 Å². The molecule has 1 amide bonds. The van der Waals surface area contributed by atoms with E-state index in [2.05, 4.69) is 5.10 Å². The Morgan fingerprint density at radius 1 is 1.03 bits per heavy atom. The first-order valence-corrected chi connectivity index (χ1v) is 9.81. The number of halogens is 1. The van der Waals surface area contributed by atoms with Gasteiger partial charge in [0.1, 0.15) is 17.1 Å². The van der Waals surface area contributed by atoms with Gasteiger partial charge in [0.25, 0.3) is 5.56 Å². The lowest BCUT2D eigenvalue weighted by Crippen LogP contribution is -2.56. The van der Waals surface area contributed by atoms with Crippen molar-refractivity contribution in [3.05, 3.63) is 71.0 Å². The molecule has 0 spiro atoms. The second-order valence-corrected chi connectivity index (χ2v) is 7.74. The van der Waals surface area contributed by atoms with E-state index in [1.807, 2.05) is 4.90 Å². The summed E-state index contributed by atoms with van der Waals surface area (Å²) < 4.78 is 20.6. The molecule has 4 rings (SSSR count). The van der Waals surface area contributed by atoms with E-state index < -0.39 is 5.54 Å². The molecular weight excluding hydrogens is 387 g/mol. The number of hydrogen-bond acceptors (Lipinski definition) is 5. The van der Waals surface area contributed by atoms with E-state index in [-0.39, 0.29) is 17.3 Å². The lowest BCUT2D eigenvalue weighted by molar-refractivity contribution is -0.140. The Balaban J connectivity index is 1.53. The Bertz CT molecular complexity index is 1100. The first-order chi connectivity index (χ1) is 14.4. The lowest BCUT2D eigenvalue weighted by atomic mass is 10.0. The molecule has 1 saturated heterocycles. The maximum Gasteiger partial charge on any atom is 0.267 e. The number of hydrogen-bond donors (Lipinski definition) is 0. The molecule has 1 fully saturated rings. The van der Waals surface area contributed by atoms with Crippen LogP contribution in [0.3, 0.4) is 0 Å². The highest BCUT2D eigenvalue weighted by Crippen LogP contribution is 2.23. The highest BCUT2D eigenvalue weighted by molar-refractivity contribution is 5.84. The summed E-state index contributed by atoms with van der Waals surface area (Å²) in [7, 11) is 0. The van der Waals surface area contributed by atoms with E-state index in [1.54, 1.807) is 55.1 Å². The van der Waals surface area contributed by atoms with Crippen LogP contribution in [-0.2, 0) is 10.3 Å². The van der Waals surface area contributed by atoms with Gasteiger partial charge in [0.05, 0.1) is 12.0 Å². The zero-order valence-corrected chi connectivity index (χ0v) is 16.9. The average Bonchev–Trinajstić information content (AvgIpc) is 3.29. The molecule has 2 aromatic heterocycles. The van der Waals surface area contributed by atoms with Gasteiger partial charge in [0.2, 0.25) is 5.91 Å². The molecular formula is C22H23FN4O3. The zero-order valence-electron chi connectivity index (χ0n) is 16.9. The van der Waals surface area contributed by atoms with Gasteiger partial charge < -0.3 is 14.2 Å². The van der Waals surface area contributed by atoms with E-state index in [0.29, 0.717) is 43.3 Å². The molecule has 0 bridgehead atoms. The molecule has 0 aliphatic carbocycles. The maximum atomic E-state index is 14.1. The predicted octanol–water partition coefficient (Wildman–Crippen LogP) is 2.73. The fourth-order valence-electron chi connectivity index (χ4n) is 3.70. The van der Waals surface area contributed by atoms with Crippen LogP contribution >= 0.6 is 0 Å². The van der Waals surface area contributed by atoms with Crippen molar-refractivity contribution in [2.24, 2.45) is 0 Å². The molecule has 0 N–H and O–H groups in total. The molecule has 3 heterocycles. The number of furan rings is 1. The van der Waals surface area contributed by atoms with Crippen molar-refractivity contribution in [3.8, 4) is 11.5 Å². The third-order valence-corrected chi connectivity index (χ3v) is 5.39. The molecule has 8 heteroatoms. The van der Waals surface area contributed by atoms with Crippen molar-refractivity contribution < 1.29 is 13.6 Å². The third-order valence-electron chi connectivity index (χ3n) is 5.39. The number of amides is 1. The lowest BCUT2D eigenvalue weighted by Gasteiger charge is -2.39. The third kappa shape index (κ3) is 3.60. The summed E-state index contributed by atoms with van der Waals surface area (Å²) in [6.07, 6.45) is 1.53. The summed E-state index contributed by atoms with van der Waals surface area (Å²) >= 11 is 0. The van der Waals surface area contributed by atoms with E-state index in [1.165, 1.54) is 23.1 Å². The molecule has 1 aliphatic heterocycles. The van der Waals surface area contributed by atoms with Gasteiger partial charge in [0, 0.05) is 32.2 Å². The van der Waals surface area contributed by atoms with Crippen LogP contribution in [0.5, 0.6) is 0 Å². The molecule has 0 radical (unpaired) electrons. The molecule has 156 valence electrons. The summed E-state index contributed by atoms with van der Waals surface area (Å²) in [6.45, 7) is 5.25. The first-order valence-electron chi connectivity index (χ1n) is 9.81. The van der Waals surface area contributed by atoms with Gasteiger partial charge in [0.15, 0.2) is 5.76 Å². The molecule has 30 heavy (non-hydrogen) atoms. The fourth-order valence-corrected chi connectivity index (χ4v) is 3.70. The van der Waals surface area contributed by atoms with Gasteiger partial charge in [-0.05, 0) is 44.2 Å². The van der Waals surface area contributed by atoms with Crippen LogP contribution < -0.4 is 10.5 Å². The minimum Gasteiger partial charge on any atom is -0.463 e. The van der Waals surface area contributed by atoms with Crippen molar-refractivity contribution in [1.29, 1.82) is 0 Å². The number of carbonyl (C=O) groups excluding carboxylic acids is 1. The zero-order chi connectivity index (χ0) is 21.3. The summed E-state index contributed by atoms with van der Waals surface area (Å²) in [5.74, 6) is 0.0375. The van der Waals surface area contributed by atoms with E-state index in [4.69, 9.17) is 4.42 Å². The van der Waals surface area contributed by atoms with Gasteiger partial charge >= 0.3 is 0 Å². The number of piperazine rings is 1. The van der Waals surface area contributed by atoms with E-state index in [0.717, 1.165) is 0 Å². The molecule has 0 atom stereocenters. The van der Waals surface area contributed by atoms with Crippen molar-refractivity contribution >= 4 is 11.6 Å². The predicted molar refractivity (Wildman–Crippen MR) is 111 cm³/mol. The van der Waals surface area contributed by atoms with Crippen molar-refractivity contribution in [1.82, 2.24) is 14.7 Å². The average molecular weight is 410 g/mol. The molecule has 0 saturated carbocycles. The standard InChI is InChI=1S/C22H23FN4O3/c1-22(2,27-20(28)10-9-17(24-27)19-8-5-15-30-19)21(29)26-13-11-25(12-14-26)18-7-4-3-6-16(18)23/h3-10,15H,11-14H2,1-2H3. The summed E-state index contributed by atoms with van der Waals surface area (Å²) in [6, 6.07) is 13.1. The van der Waals surface area contributed by atoms with Crippen LogP contribution in [0, 0.1) is 5.82 Å². The Morgan fingerprint density at radius 2 is 1.77 bits per heavy atom. The van der Waals surface area contributed by atoms with E-state index in [9.17, 15) is 14.0 Å². The molecule has 0 unspecified atom stereocenters. The van der Waals surface area contributed by atoms with Gasteiger partial charge in [-0.25, -0.2) is 9.07 Å². The van der Waals surface area contributed by atoms with Crippen molar-refractivity contribution in [2.45, 2.75) is 19.4 Å². The van der Waals surface area contributed by atoms with Gasteiger partial charge in [-0.3, -0.25) is 9.59 Å². The fraction of sp³-hybridized carbons (Fsp3) is 0.318. The Hall–Kier alpha value is -3.42. The maximum absolute atomic E-state index is 14.1. The Kier molecular flexibility index (Phi) is 5.15. The highest BCUT2D eigenvalue weighted by atomic mass is 19.1. The Labute approximate surface area is 173 Å². The second kappa shape index (κ2) is 7.78. The van der Waals surface area contributed by atoms with Crippen molar-refractivity contribution in [2.75, 3.05) is 31.1 Å². The largest absolute Gasteiger partial charge is 0.463 e. The smallest absolute Gasteiger partial charge is 0.267 e. The van der Waals surface area contributed by atoms with Crippen LogP contribution in [0.15, 0.2) is 64.0 Å². The normalized spacial score (nSPS) is 14.8. The van der Waals surface area contributed by atoms with Crippen LogP contribution in [0.2, 0.25) is 0 Å². The number of anilines is 1. The van der Waals surface area contributed by atoms with Gasteiger partial charge in [-0.1, -0.05) is 12.1 Å². The van der Waals surface area contributed by atoms with Crippen LogP contribution in [0.1, 0.15) is 13.8 Å². The molecule has 1 aliphatic rings. The minimum absolute atomic E-state index is 0.207. The highest BCUT2D eigenvalue weighted by Gasteiger charge is 2.37. The number of nitrogens with zero attached hydrogens (tertiary/aromatic N) is 4. The van der Waals surface area contributed by atoms with Crippen molar-refractivity contribution in [3.63, 3.8) is 0 Å². The number of benzene rings is 1. The van der Waals surface area contributed by atoms with Crippen LogP contribution in [0.25, 0.3) is 11.5 Å². The SMILES string of the molecule is CC(C)(C(=O)N1CCN(c2ccccc2F)CC1)n1nc(-c2ccco2)ccc1=O.